The molecular weight excluding hydrogens is 1450 g/mol. The molecule has 592 valence electrons. The highest BCUT2D eigenvalue weighted by molar-refractivity contribution is 8.00. The van der Waals surface area contributed by atoms with Crippen LogP contribution in [0.5, 0.6) is 5.75 Å². The third-order valence-electron chi connectivity index (χ3n) is 16.2. The van der Waals surface area contributed by atoms with E-state index in [9.17, 15) is 91.7 Å². The van der Waals surface area contributed by atoms with Gasteiger partial charge < -0.3 is 101 Å². The summed E-state index contributed by atoms with van der Waals surface area (Å²) >= 11 is 2.73. The van der Waals surface area contributed by atoms with Crippen molar-refractivity contribution >= 4 is 136 Å². The minimum atomic E-state index is -1.93. The second-order valence-electron chi connectivity index (χ2n) is 27.0. The molecule has 1 aromatic rings. The van der Waals surface area contributed by atoms with Crippen LogP contribution in [0.1, 0.15) is 112 Å². The Hall–Kier alpha value is -9.18. The molecule has 0 aliphatic carbocycles. The fraction of sp³-hybridized carbons (Fsp3) is 0.652. The lowest BCUT2D eigenvalue weighted by Gasteiger charge is -2.31. The molecule has 40 heteroatoms. The number of hydrogen-bond donors (Lipinski definition) is 17. The lowest BCUT2D eigenvalue weighted by atomic mass is 9.96. The zero-order valence-corrected chi connectivity index (χ0v) is 63.6. The Labute approximate surface area is 627 Å². The number of carboxylic acids is 1. The Bertz CT molecular complexity index is 3260. The average molecular weight is 1550 g/mol. The molecular formula is C66H105N17O20S3. The standard InChI is InChI=1S/C66H105N17O20S3/c1-10-36(4)54-62(98)75-40(19-20-48(67)85)57(93)76-43(27-49(68)86)58(94)79-44(63(99)83-24-12-14-46(83)60(96)77-41(25-35(2)3)56(92)73-28-50(69)87)29-104-32-51(88)70-21-11-13-39(55(91)72-23-22-71-52(89)33-105-30-45(64(100)101)80-65(102)103-66(5,6)7)74-53(90)34-106-31-47(82(8)9)61(97)78-42(59(95)81-54)26-37-15-17-38(84)18-16-37/h15-18,35-36,39-47,54,84H,10-14,19-34H2,1-9H3,(H2,67,85)(H2,68,86)(H2,69,87)(H,70,88)(H,71,89)(H,72,91)(H,73,92)(H,74,90)(H,75,98)(H,76,93)(H,77,96)(H,78,97)(H,79,94)(H,80,102)(H,81,95)(H,100,101)/t36-,39+,40-,41-,42-,43-,44-,45-,46-,47-,54-/m0/s1. The largest absolute Gasteiger partial charge is 0.508 e. The van der Waals surface area contributed by atoms with Gasteiger partial charge in [-0.05, 0) is 103 Å². The molecule has 0 unspecified atom stereocenters. The van der Waals surface area contributed by atoms with E-state index in [1.54, 1.807) is 62.6 Å². The molecule has 2 aliphatic rings. The average Bonchev–Trinajstić information content (AvgIpc) is 1.61. The van der Waals surface area contributed by atoms with E-state index in [-0.39, 0.29) is 106 Å². The number of phenolic OH excluding ortho intramolecular Hbond substituents is 1. The van der Waals surface area contributed by atoms with Gasteiger partial charge in [-0.1, -0.05) is 46.2 Å². The number of carbonyl (C=O) groups is 17. The number of thioether (sulfide) groups is 3. The van der Waals surface area contributed by atoms with Crippen LogP contribution in [-0.2, 0) is 87.9 Å². The summed E-state index contributed by atoms with van der Waals surface area (Å²) in [6.07, 6.45) is -2.53. The van der Waals surface area contributed by atoms with Gasteiger partial charge in [-0.3, -0.25) is 76.8 Å². The molecule has 3 rings (SSSR count). The summed E-state index contributed by atoms with van der Waals surface area (Å²) in [6, 6.07) is -8.67. The molecule has 1 aromatic carbocycles. The van der Waals surface area contributed by atoms with Crippen molar-refractivity contribution in [1.82, 2.24) is 73.6 Å². The Balaban J connectivity index is 2.09. The molecule has 0 spiro atoms. The van der Waals surface area contributed by atoms with Gasteiger partial charge in [0, 0.05) is 56.3 Å². The highest BCUT2D eigenvalue weighted by atomic mass is 32.2. The molecule has 106 heavy (non-hydrogen) atoms. The number of alkyl carbamates (subject to hydrolysis) is 1. The number of aliphatic carboxylic acids is 1. The third-order valence-corrected chi connectivity index (χ3v) is 19.3. The van der Waals surface area contributed by atoms with Crippen molar-refractivity contribution in [3.05, 3.63) is 29.8 Å². The first-order valence-corrected chi connectivity index (χ1v) is 38.0. The van der Waals surface area contributed by atoms with Gasteiger partial charge in [0.05, 0.1) is 36.3 Å². The molecule has 16 amide bonds. The number of carboxylic acid groups (broad SMARTS) is 1. The lowest BCUT2D eigenvalue weighted by Crippen LogP contribution is -2.61. The number of nitrogens with one attached hydrogen (secondary N) is 12. The Morgan fingerprint density at radius 2 is 1.32 bits per heavy atom. The summed E-state index contributed by atoms with van der Waals surface area (Å²) in [5.41, 5.74) is 15.9. The first-order valence-electron chi connectivity index (χ1n) is 34.5. The van der Waals surface area contributed by atoms with Crippen molar-refractivity contribution < 1.29 is 96.5 Å². The van der Waals surface area contributed by atoms with E-state index < -0.39 is 210 Å². The van der Waals surface area contributed by atoms with Crippen molar-refractivity contribution in [3.63, 3.8) is 0 Å². The highest BCUT2D eigenvalue weighted by Gasteiger charge is 2.41. The number of rotatable bonds is 28. The third kappa shape index (κ3) is 34.4. The number of carbonyl (C=O) groups excluding carboxylic acids is 16. The minimum absolute atomic E-state index is 0.0519. The zero-order chi connectivity index (χ0) is 79.5. The van der Waals surface area contributed by atoms with Crippen molar-refractivity contribution in [2.45, 2.75) is 179 Å². The van der Waals surface area contributed by atoms with Crippen LogP contribution in [-0.4, -0.2) is 268 Å². The van der Waals surface area contributed by atoms with Gasteiger partial charge in [0.1, 0.15) is 65.7 Å². The van der Waals surface area contributed by atoms with Crippen molar-refractivity contribution in [3.8, 4) is 5.75 Å². The van der Waals surface area contributed by atoms with Crippen LogP contribution in [0.4, 0.5) is 4.79 Å². The molecule has 0 bridgehead atoms. The number of benzene rings is 1. The van der Waals surface area contributed by atoms with Gasteiger partial charge in [0.2, 0.25) is 88.6 Å². The number of aromatic hydroxyl groups is 1. The summed E-state index contributed by atoms with van der Waals surface area (Å²) < 4.78 is 5.13. The van der Waals surface area contributed by atoms with Crippen LogP contribution in [0.3, 0.4) is 0 Å². The summed E-state index contributed by atoms with van der Waals surface area (Å²) in [5, 5.41) is 50.5. The number of nitrogens with zero attached hydrogens (tertiary/aromatic N) is 2. The van der Waals surface area contributed by atoms with Crippen LogP contribution in [0, 0.1) is 11.8 Å². The van der Waals surface area contributed by atoms with Gasteiger partial charge in [-0.25, -0.2) is 9.59 Å². The number of likely N-dealkylation sites (N-methyl/N-ethyl adjacent to an activating group) is 1. The molecule has 0 aromatic heterocycles. The van der Waals surface area contributed by atoms with Crippen molar-refractivity contribution in [1.29, 1.82) is 0 Å². The molecule has 2 aliphatic heterocycles. The van der Waals surface area contributed by atoms with E-state index >= 15 is 0 Å². The van der Waals surface area contributed by atoms with Crippen LogP contribution in [0.15, 0.2) is 24.3 Å². The maximum atomic E-state index is 14.9. The quantitative estimate of drug-likeness (QED) is 0.0351. The predicted octanol–water partition coefficient (Wildman–Crippen LogP) is -4.60. The summed E-state index contributed by atoms with van der Waals surface area (Å²) in [6.45, 7) is 10.7. The van der Waals surface area contributed by atoms with Crippen LogP contribution >= 0.6 is 35.3 Å². The summed E-state index contributed by atoms with van der Waals surface area (Å²) in [4.78, 5) is 232. The van der Waals surface area contributed by atoms with Crippen LogP contribution in [0.25, 0.3) is 0 Å². The SMILES string of the molecule is CC[C@H](C)[C@@H]1NC(=O)[C@H](Cc2ccc(O)cc2)NC(=O)[C@@H](N(C)C)CSCC(=O)N[C@@H](C(=O)NCCNC(=O)CSC[C@H](NC(=O)OC(C)(C)C)C(=O)O)CCCNC(=O)CSC[C@@H](C(=O)N2CCC[C@H]2C(=O)N[C@@H](CC(C)C)C(=O)NCC(N)=O)NC(=O)[C@H](CC(N)=O)NC(=O)[C@H](CCC(N)=O)NC1=O. The normalized spacial score (nSPS) is 22.0. The van der Waals surface area contributed by atoms with Gasteiger partial charge in [-0.2, -0.15) is 0 Å². The molecule has 2 saturated heterocycles. The van der Waals surface area contributed by atoms with E-state index in [2.05, 4.69) is 63.8 Å². The zero-order valence-electron chi connectivity index (χ0n) is 61.2. The maximum Gasteiger partial charge on any atom is 0.408 e. The molecule has 11 atom stereocenters. The molecule has 2 fully saturated rings. The van der Waals surface area contributed by atoms with Crippen molar-refractivity contribution in [2.24, 2.45) is 29.0 Å². The van der Waals surface area contributed by atoms with Gasteiger partial charge in [0.15, 0.2) is 0 Å². The van der Waals surface area contributed by atoms with Gasteiger partial charge >= 0.3 is 12.1 Å². The van der Waals surface area contributed by atoms with E-state index in [0.717, 1.165) is 40.2 Å². The number of phenols is 1. The molecule has 2 heterocycles. The number of nitrogens with two attached hydrogens (primary N) is 3. The number of hydrogen-bond acceptors (Lipinski definition) is 23. The van der Waals surface area contributed by atoms with E-state index in [1.807, 2.05) is 0 Å². The Morgan fingerprint density at radius 1 is 0.698 bits per heavy atom. The number of primary amides is 3. The molecule has 0 radical (unpaired) electrons. The predicted molar refractivity (Wildman–Crippen MR) is 392 cm³/mol. The maximum absolute atomic E-state index is 14.9. The van der Waals surface area contributed by atoms with Crippen LogP contribution in [0.2, 0.25) is 0 Å². The minimum Gasteiger partial charge on any atom is -0.508 e. The topological polar surface area (TPSA) is 569 Å². The first-order chi connectivity index (χ1) is 49.8. The smallest absolute Gasteiger partial charge is 0.408 e. The fourth-order valence-electron chi connectivity index (χ4n) is 10.6. The van der Waals surface area contributed by atoms with Crippen molar-refractivity contribution in [2.75, 3.05) is 81.3 Å². The first kappa shape index (κ1) is 91.0. The monoisotopic (exact) mass is 1550 g/mol. The van der Waals surface area contributed by atoms with E-state index in [0.29, 0.717) is 5.56 Å². The number of likely N-dealkylation sites (tertiary alicyclic amines) is 1. The fourth-order valence-corrected chi connectivity index (χ4v) is 13.3. The summed E-state index contributed by atoms with van der Waals surface area (Å²) in [5.74, 6) is -16.8. The molecule has 20 N–H and O–H groups in total. The molecule has 37 nitrogen and oxygen atoms in total. The highest BCUT2D eigenvalue weighted by Crippen LogP contribution is 2.22. The van der Waals surface area contributed by atoms with Gasteiger partial charge in [-0.15, -0.1) is 35.3 Å². The van der Waals surface area contributed by atoms with Crippen LogP contribution < -0.4 is 81.0 Å². The number of ether oxygens (including phenoxy) is 1. The Kier molecular flexibility index (Phi) is 39.5. The Morgan fingerprint density at radius 3 is 1.93 bits per heavy atom. The summed E-state index contributed by atoms with van der Waals surface area (Å²) in [7, 11) is 3.14. The van der Waals surface area contributed by atoms with Gasteiger partial charge in [0.25, 0.3) is 0 Å². The second kappa shape index (κ2) is 46.0. The second-order valence-corrected chi connectivity index (χ2v) is 30.1. The number of amides is 16. The molecule has 0 saturated carbocycles. The van der Waals surface area contributed by atoms with E-state index in [1.165, 1.54) is 29.2 Å². The van der Waals surface area contributed by atoms with E-state index in [4.69, 9.17) is 21.9 Å². The lowest BCUT2D eigenvalue weighted by molar-refractivity contribution is -0.142.